The Morgan fingerprint density at radius 1 is 0.758 bits per heavy atom. The summed E-state index contributed by atoms with van der Waals surface area (Å²) in [6, 6.07) is 3.28. The molecule has 0 aliphatic heterocycles. The van der Waals surface area contributed by atoms with E-state index in [1.54, 1.807) is 0 Å². The number of benzene rings is 1. The summed E-state index contributed by atoms with van der Waals surface area (Å²) in [4.78, 5) is 1.07. The molecule has 1 rings (SSSR count). The third-order valence-corrected chi connectivity index (χ3v) is 5.61. The van der Waals surface area contributed by atoms with E-state index in [0.29, 0.717) is 6.42 Å². The molecule has 0 fully saturated rings. The Morgan fingerprint density at radius 2 is 1.36 bits per heavy atom. The lowest BCUT2D eigenvalue weighted by Crippen LogP contribution is -2.44. The van der Waals surface area contributed by atoms with Crippen LogP contribution in [0.5, 0.6) is 0 Å². The van der Waals surface area contributed by atoms with Crippen LogP contribution in [0, 0.1) is 11.6 Å². The zero-order valence-electron chi connectivity index (χ0n) is 19.1. The van der Waals surface area contributed by atoms with Crippen LogP contribution in [0.15, 0.2) is 18.2 Å². The Hall–Kier alpha value is -1.54. The van der Waals surface area contributed by atoms with Gasteiger partial charge >= 0.3 is 0 Å². The van der Waals surface area contributed by atoms with Gasteiger partial charge in [-0.2, -0.15) is 0 Å². The summed E-state index contributed by atoms with van der Waals surface area (Å²) in [5.74, 6) is -2.43. The predicted octanol–water partition coefficient (Wildman–Crippen LogP) is 7.96. The van der Waals surface area contributed by atoms with Crippen molar-refractivity contribution in [3.8, 4) is 0 Å². The maximum Gasteiger partial charge on any atom is 0.182 e. The van der Waals surface area contributed by atoms with Crippen molar-refractivity contribution in [2.24, 2.45) is 0 Å². The van der Waals surface area contributed by atoms with E-state index in [1.165, 1.54) is 12.1 Å². The van der Waals surface area contributed by atoms with E-state index < -0.39 is 62.1 Å². The van der Waals surface area contributed by atoms with Gasteiger partial charge in [0.15, 0.2) is 36.3 Å². The van der Waals surface area contributed by atoms with Gasteiger partial charge in [-0.3, -0.25) is 4.39 Å². The van der Waals surface area contributed by atoms with Gasteiger partial charge in [0.1, 0.15) is 6.17 Å². The third-order valence-electron chi connectivity index (χ3n) is 5.61. The second-order valence-electron chi connectivity index (χ2n) is 8.34. The molecular weight excluding hydrogens is 454 g/mol. The number of nitrogens with zero attached hydrogens (tertiary/aromatic N) is 1. The Kier molecular flexibility index (Phi) is 14.4. The first kappa shape index (κ1) is 29.5. The average molecular weight is 490 g/mol. The van der Waals surface area contributed by atoms with Crippen LogP contribution in [0.1, 0.15) is 64.7 Å². The summed E-state index contributed by atoms with van der Waals surface area (Å²) in [6.07, 6.45) is -8.82. The number of halogens is 8. The van der Waals surface area contributed by atoms with Gasteiger partial charge in [0.25, 0.3) is 0 Å². The second-order valence-corrected chi connectivity index (χ2v) is 8.34. The van der Waals surface area contributed by atoms with Crippen LogP contribution in [0.3, 0.4) is 0 Å². The zero-order chi connectivity index (χ0) is 24.8. The van der Waals surface area contributed by atoms with Crippen molar-refractivity contribution in [1.29, 1.82) is 0 Å². The predicted molar refractivity (Wildman–Crippen MR) is 116 cm³/mol. The molecule has 0 saturated carbocycles. The van der Waals surface area contributed by atoms with Crippen LogP contribution >= 0.6 is 0 Å². The molecule has 5 atom stereocenters. The Bertz CT molecular complexity index is 647. The van der Waals surface area contributed by atoms with Crippen LogP contribution in [-0.4, -0.2) is 50.6 Å². The van der Waals surface area contributed by atoms with Gasteiger partial charge in [-0.15, -0.1) is 0 Å². The van der Waals surface area contributed by atoms with Crippen LogP contribution in [0.4, 0.5) is 40.8 Å². The first-order valence-corrected chi connectivity index (χ1v) is 11.7. The van der Waals surface area contributed by atoms with Gasteiger partial charge in [0, 0.05) is 6.54 Å². The van der Waals surface area contributed by atoms with E-state index in [0.717, 1.165) is 49.5 Å². The van der Waals surface area contributed by atoms with E-state index in [9.17, 15) is 35.1 Å². The summed E-state index contributed by atoms with van der Waals surface area (Å²) >= 11 is 0. The molecule has 9 heteroatoms. The maximum atomic E-state index is 14.6. The maximum absolute atomic E-state index is 14.6. The van der Waals surface area contributed by atoms with Crippen molar-refractivity contribution < 1.29 is 35.1 Å². The molecule has 1 aromatic carbocycles. The number of hydrogen-bond donors (Lipinski definition) is 0. The number of hydrogen-bond acceptors (Lipinski definition) is 1. The molecule has 0 aliphatic rings. The Morgan fingerprint density at radius 3 is 2.00 bits per heavy atom. The highest BCUT2D eigenvalue weighted by Crippen LogP contribution is 2.27. The molecule has 1 aromatic rings. The van der Waals surface area contributed by atoms with E-state index in [4.69, 9.17) is 0 Å². The van der Waals surface area contributed by atoms with E-state index in [2.05, 4.69) is 6.92 Å². The van der Waals surface area contributed by atoms with Gasteiger partial charge in [-0.05, 0) is 31.4 Å². The minimum absolute atomic E-state index is 0.0551. The molecular formula is C24H35F8N. The zero-order valence-corrected chi connectivity index (χ0v) is 19.1. The number of alkyl halides is 6. The van der Waals surface area contributed by atoms with E-state index in [1.807, 2.05) is 0 Å². The van der Waals surface area contributed by atoms with Gasteiger partial charge in [0.05, 0.1) is 18.9 Å². The highest BCUT2D eigenvalue weighted by Gasteiger charge is 2.40. The van der Waals surface area contributed by atoms with Gasteiger partial charge in [-0.1, -0.05) is 51.5 Å². The second kappa shape index (κ2) is 16.1. The van der Waals surface area contributed by atoms with Crippen molar-refractivity contribution in [1.82, 2.24) is 0 Å². The summed E-state index contributed by atoms with van der Waals surface area (Å²) in [5, 5.41) is 0. The summed E-state index contributed by atoms with van der Waals surface area (Å²) < 4.78 is 111. The molecule has 0 bridgehead atoms. The van der Waals surface area contributed by atoms with Crippen LogP contribution in [0.2, 0.25) is 0 Å². The lowest BCUT2D eigenvalue weighted by atomic mass is 10.0. The van der Waals surface area contributed by atoms with Crippen molar-refractivity contribution in [2.45, 2.75) is 95.6 Å². The fraction of sp³-hybridized carbons (Fsp3) is 0.750. The van der Waals surface area contributed by atoms with Crippen LogP contribution in [-0.2, 0) is 0 Å². The molecule has 0 saturated heterocycles. The fourth-order valence-corrected chi connectivity index (χ4v) is 3.62. The quantitative estimate of drug-likeness (QED) is 0.149. The van der Waals surface area contributed by atoms with Crippen LogP contribution in [0.25, 0.3) is 0 Å². The molecule has 0 aliphatic carbocycles. The third kappa shape index (κ3) is 10.1. The smallest absolute Gasteiger partial charge is 0.182 e. The molecule has 0 N–H and O–H groups in total. The number of unbranched alkanes of at least 4 members (excludes halogenated alkanes) is 6. The molecule has 0 spiro atoms. The summed E-state index contributed by atoms with van der Waals surface area (Å²) in [6.45, 7) is 0.342. The van der Waals surface area contributed by atoms with Gasteiger partial charge in [-0.25, -0.2) is 30.7 Å². The van der Waals surface area contributed by atoms with Crippen molar-refractivity contribution in [3.63, 3.8) is 0 Å². The summed E-state index contributed by atoms with van der Waals surface area (Å²) in [7, 11) is 0. The normalized spacial score (nSPS) is 16.3. The van der Waals surface area contributed by atoms with Crippen LogP contribution < -0.4 is 4.90 Å². The first-order chi connectivity index (χ1) is 15.7. The average Bonchev–Trinajstić information content (AvgIpc) is 2.81. The standard InChI is InChI=1S/C24H35F8N/c1-2-3-4-5-6-7-8-15-33(20-13-9-11-17(26)21(20)29)16-19(28)23(31)24(32)22(30)18(27)12-10-14-25/h9,11,13,18-19,22-24H,2-8,10,12,14-16H2,1H3. The largest absolute Gasteiger partial charge is 0.366 e. The lowest BCUT2D eigenvalue weighted by Gasteiger charge is -2.29. The topological polar surface area (TPSA) is 3.24 Å². The summed E-state index contributed by atoms with van der Waals surface area (Å²) in [5.41, 5.74) is -0.311. The Labute approximate surface area is 191 Å². The molecule has 0 heterocycles. The lowest BCUT2D eigenvalue weighted by molar-refractivity contribution is 0.000444. The van der Waals surface area contributed by atoms with Gasteiger partial charge < -0.3 is 4.90 Å². The van der Waals surface area contributed by atoms with E-state index in [-0.39, 0.29) is 18.7 Å². The monoisotopic (exact) mass is 489 g/mol. The molecule has 0 aromatic heterocycles. The van der Waals surface area contributed by atoms with E-state index >= 15 is 0 Å². The highest BCUT2D eigenvalue weighted by molar-refractivity contribution is 5.48. The fourth-order valence-electron chi connectivity index (χ4n) is 3.62. The molecule has 0 radical (unpaired) electrons. The Balaban J connectivity index is 2.79. The SMILES string of the molecule is CCCCCCCCCN(CC(F)C(F)C(F)C(F)C(F)CCCF)c1cccc(F)c1F. The minimum Gasteiger partial charge on any atom is -0.366 e. The molecule has 5 unspecified atom stereocenters. The molecule has 0 amide bonds. The van der Waals surface area contributed by atoms with Crippen molar-refractivity contribution in [3.05, 3.63) is 29.8 Å². The number of anilines is 1. The molecule has 1 nitrogen and oxygen atoms in total. The first-order valence-electron chi connectivity index (χ1n) is 11.7. The number of rotatable bonds is 18. The minimum atomic E-state index is -3.10. The molecule has 192 valence electrons. The van der Waals surface area contributed by atoms with Crippen molar-refractivity contribution in [2.75, 3.05) is 24.7 Å². The van der Waals surface area contributed by atoms with Gasteiger partial charge in [0.2, 0.25) is 0 Å². The van der Waals surface area contributed by atoms with Crippen molar-refractivity contribution >= 4 is 5.69 Å². The molecule has 33 heavy (non-hydrogen) atoms. The highest BCUT2D eigenvalue weighted by atomic mass is 19.2.